The summed E-state index contributed by atoms with van der Waals surface area (Å²) in [4.78, 5) is 51.3. The first-order valence-electron chi connectivity index (χ1n) is 9.09. The van der Waals surface area contributed by atoms with Crippen molar-refractivity contribution in [2.75, 3.05) is 38.8 Å². The van der Waals surface area contributed by atoms with Gasteiger partial charge in [-0.05, 0) is 23.6 Å². The monoisotopic (exact) mass is 390 g/mol. The van der Waals surface area contributed by atoms with E-state index in [9.17, 15) is 19.2 Å². The molecule has 1 atom stereocenters. The Morgan fingerprint density at radius 1 is 1.14 bits per heavy atom. The zero-order valence-corrected chi connectivity index (χ0v) is 16.6. The third kappa shape index (κ3) is 5.09. The van der Waals surface area contributed by atoms with Gasteiger partial charge in [0.2, 0.25) is 11.8 Å². The molecule has 8 heteroatoms. The van der Waals surface area contributed by atoms with Crippen molar-refractivity contribution in [2.45, 2.75) is 26.2 Å². The molecular formula is C20H26N2O6. The molecule has 1 heterocycles. The van der Waals surface area contributed by atoms with E-state index in [1.807, 2.05) is 24.3 Å². The van der Waals surface area contributed by atoms with Crippen LogP contribution in [0.2, 0.25) is 0 Å². The molecular weight excluding hydrogens is 364 g/mol. The lowest BCUT2D eigenvalue weighted by Crippen LogP contribution is -2.44. The van der Waals surface area contributed by atoms with Crippen molar-refractivity contribution < 1.29 is 28.7 Å². The van der Waals surface area contributed by atoms with Gasteiger partial charge in [-0.2, -0.15) is 0 Å². The van der Waals surface area contributed by atoms with Crippen LogP contribution >= 0.6 is 0 Å². The van der Waals surface area contributed by atoms with Crippen LogP contribution in [0, 0.1) is 5.92 Å². The van der Waals surface area contributed by atoms with Crippen molar-refractivity contribution in [1.82, 2.24) is 4.90 Å². The summed E-state index contributed by atoms with van der Waals surface area (Å²) in [6, 6.07) is 7.65. The van der Waals surface area contributed by atoms with Gasteiger partial charge in [0.15, 0.2) is 0 Å². The van der Waals surface area contributed by atoms with Crippen molar-refractivity contribution >= 4 is 29.4 Å². The normalized spacial score (nSPS) is 16.2. The third-order valence-corrected chi connectivity index (χ3v) is 4.73. The average molecular weight is 390 g/mol. The first kappa shape index (κ1) is 21.4. The van der Waals surface area contributed by atoms with Crippen molar-refractivity contribution in [3.63, 3.8) is 0 Å². The van der Waals surface area contributed by atoms with E-state index >= 15 is 0 Å². The minimum absolute atomic E-state index is 0.0174. The van der Waals surface area contributed by atoms with Gasteiger partial charge in [-0.3, -0.25) is 19.2 Å². The van der Waals surface area contributed by atoms with E-state index < -0.39 is 23.8 Å². The van der Waals surface area contributed by atoms with Crippen LogP contribution in [0.1, 0.15) is 31.7 Å². The van der Waals surface area contributed by atoms with Gasteiger partial charge in [0.1, 0.15) is 13.1 Å². The van der Waals surface area contributed by atoms with Crippen LogP contribution in [0.15, 0.2) is 24.3 Å². The predicted octanol–water partition coefficient (Wildman–Crippen LogP) is 1.34. The molecule has 0 aliphatic carbocycles. The van der Waals surface area contributed by atoms with Crippen molar-refractivity contribution in [3.05, 3.63) is 29.8 Å². The van der Waals surface area contributed by atoms with Gasteiger partial charge in [-0.1, -0.05) is 26.0 Å². The van der Waals surface area contributed by atoms with E-state index in [0.29, 0.717) is 5.92 Å². The Balaban J connectivity index is 2.17. The summed E-state index contributed by atoms with van der Waals surface area (Å²) in [7, 11) is 2.40. The maximum Gasteiger partial charge on any atom is 0.325 e. The number of carbonyl (C=O) groups excluding carboxylic acids is 4. The number of hydrogen-bond acceptors (Lipinski definition) is 6. The van der Waals surface area contributed by atoms with Crippen LogP contribution < -0.4 is 4.90 Å². The van der Waals surface area contributed by atoms with E-state index in [-0.39, 0.29) is 32.0 Å². The summed E-state index contributed by atoms with van der Waals surface area (Å²) in [5.41, 5.74) is 1.83. The van der Waals surface area contributed by atoms with Crippen molar-refractivity contribution in [3.8, 4) is 0 Å². The Morgan fingerprint density at radius 3 is 2.29 bits per heavy atom. The maximum atomic E-state index is 12.9. The van der Waals surface area contributed by atoms with Crippen LogP contribution in [0.3, 0.4) is 0 Å². The van der Waals surface area contributed by atoms with Gasteiger partial charge < -0.3 is 19.3 Å². The Kier molecular flexibility index (Phi) is 7.14. The van der Waals surface area contributed by atoms with Crippen LogP contribution in [0.25, 0.3) is 0 Å². The number of esters is 2. The number of carbonyl (C=O) groups is 4. The molecule has 2 amide bonds. The molecule has 1 aliphatic heterocycles. The summed E-state index contributed by atoms with van der Waals surface area (Å²) >= 11 is 0. The number of benzene rings is 1. The molecule has 0 bridgehead atoms. The SMILES string of the molecule is COC(=O)CN(CC(=O)OC)C(=O)C1CC(=O)N(c2cccc(C(C)C)c2)C1. The molecule has 0 aromatic heterocycles. The molecule has 8 nitrogen and oxygen atoms in total. The lowest BCUT2D eigenvalue weighted by Gasteiger charge is -2.23. The van der Waals surface area contributed by atoms with Gasteiger partial charge in [0.25, 0.3) is 0 Å². The molecule has 1 unspecified atom stereocenters. The quantitative estimate of drug-likeness (QED) is 0.652. The summed E-state index contributed by atoms with van der Waals surface area (Å²) in [6.07, 6.45) is 0.0174. The van der Waals surface area contributed by atoms with Crippen molar-refractivity contribution in [2.24, 2.45) is 5.92 Å². The first-order chi connectivity index (χ1) is 13.3. The van der Waals surface area contributed by atoms with E-state index in [2.05, 4.69) is 23.3 Å². The Labute approximate surface area is 164 Å². The third-order valence-electron chi connectivity index (χ3n) is 4.73. The fourth-order valence-corrected chi connectivity index (χ4v) is 3.09. The first-order valence-corrected chi connectivity index (χ1v) is 9.09. The molecule has 1 aromatic rings. The van der Waals surface area contributed by atoms with E-state index in [1.54, 1.807) is 4.90 Å². The van der Waals surface area contributed by atoms with Gasteiger partial charge in [0.05, 0.1) is 20.1 Å². The Hall–Kier alpha value is -2.90. The fraction of sp³-hybridized carbons (Fsp3) is 0.500. The average Bonchev–Trinajstić information content (AvgIpc) is 3.08. The zero-order valence-electron chi connectivity index (χ0n) is 16.6. The molecule has 0 radical (unpaired) electrons. The van der Waals surface area contributed by atoms with Gasteiger partial charge in [-0.15, -0.1) is 0 Å². The molecule has 1 aliphatic rings. The van der Waals surface area contributed by atoms with Crippen LogP contribution in [0.5, 0.6) is 0 Å². The minimum Gasteiger partial charge on any atom is -0.468 e. The Bertz CT molecular complexity index is 743. The number of anilines is 1. The molecule has 0 spiro atoms. The second-order valence-corrected chi connectivity index (χ2v) is 7.00. The number of amides is 2. The summed E-state index contributed by atoms with van der Waals surface area (Å²) in [5, 5.41) is 0. The standard InChI is InChI=1S/C20H26N2O6/c1-13(2)14-6-5-7-16(8-14)22-10-15(9-17(22)23)20(26)21(11-18(24)27-3)12-19(25)28-4/h5-8,13,15H,9-12H2,1-4H3. The highest BCUT2D eigenvalue weighted by atomic mass is 16.5. The lowest BCUT2D eigenvalue weighted by atomic mass is 10.0. The molecule has 1 fully saturated rings. The highest BCUT2D eigenvalue weighted by Gasteiger charge is 2.38. The topological polar surface area (TPSA) is 93.2 Å². The highest BCUT2D eigenvalue weighted by Crippen LogP contribution is 2.28. The highest BCUT2D eigenvalue weighted by molar-refractivity contribution is 6.01. The maximum absolute atomic E-state index is 12.9. The molecule has 1 saturated heterocycles. The summed E-state index contributed by atoms with van der Waals surface area (Å²) in [5.74, 6) is -2.26. The van der Waals surface area contributed by atoms with Crippen LogP contribution in [-0.2, 0) is 28.7 Å². The van der Waals surface area contributed by atoms with Gasteiger partial charge >= 0.3 is 11.9 Å². The number of methoxy groups -OCH3 is 2. The van der Waals surface area contributed by atoms with Gasteiger partial charge in [-0.25, -0.2) is 0 Å². The van der Waals surface area contributed by atoms with E-state index in [0.717, 1.165) is 16.2 Å². The van der Waals surface area contributed by atoms with Gasteiger partial charge in [0, 0.05) is 18.7 Å². The summed E-state index contributed by atoms with van der Waals surface area (Å²) < 4.78 is 9.19. The molecule has 152 valence electrons. The molecule has 28 heavy (non-hydrogen) atoms. The number of ether oxygens (including phenoxy) is 2. The largest absolute Gasteiger partial charge is 0.468 e. The minimum atomic E-state index is -0.650. The molecule has 2 rings (SSSR count). The smallest absolute Gasteiger partial charge is 0.325 e. The summed E-state index contributed by atoms with van der Waals surface area (Å²) in [6.45, 7) is 3.57. The van der Waals surface area contributed by atoms with E-state index in [1.165, 1.54) is 14.2 Å². The molecule has 0 N–H and O–H groups in total. The number of hydrogen-bond donors (Lipinski definition) is 0. The van der Waals surface area contributed by atoms with Crippen LogP contribution in [-0.4, -0.2) is 62.5 Å². The van der Waals surface area contributed by atoms with Crippen LogP contribution in [0.4, 0.5) is 5.69 Å². The zero-order chi connectivity index (χ0) is 20.8. The van der Waals surface area contributed by atoms with E-state index in [4.69, 9.17) is 0 Å². The number of rotatable bonds is 7. The van der Waals surface area contributed by atoms with Crippen molar-refractivity contribution in [1.29, 1.82) is 0 Å². The second-order valence-electron chi connectivity index (χ2n) is 7.00. The fourth-order valence-electron chi connectivity index (χ4n) is 3.09. The lowest BCUT2D eigenvalue weighted by molar-refractivity contribution is -0.153. The Morgan fingerprint density at radius 2 is 1.75 bits per heavy atom. The second kappa shape index (κ2) is 9.34. The predicted molar refractivity (Wildman–Crippen MR) is 102 cm³/mol. The molecule has 1 aromatic carbocycles. The molecule has 0 saturated carbocycles. The number of nitrogens with zero attached hydrogens (tertiary/aromatic N) is 2.